The summed E-state index contributed by atoms with van der Waals surface area (Å²) >= 11 is 0. The highest BCUT2D eigenvalue weighted by Gasteiger charge is 2.40. The molecule has 0 radical (unpaired) electrons. The topological polar surface area (TPSA) is 26.3 Å². The van der Waals surface area contributed by atoms with Gasteiger partial charge in [0.1, 0.15) is 0 Å². The SMILES string of the molecule is CCCC(=O)O[C@H](C)CC[C@@H]1[C@H](C)[C@H](CC)C[C@@H]1C(C)C. The largest absolute Gasteiger partial charge is 0.463 e. The predicted molar refractivity (Wildman–Crippen MR) is 89.1 cm³/mol. The molecular formula is C19H36O2. The summed E-state index contributed by atoms with van der Waals surface area (Å²) in [6, 6.07) is 0. The second-order valence-electron chi connectivity index (χ2n) is 7.46. The van der Waals surface area contributed by atoms with Crippen LogP contribution in [0, 0.1) is 29.6 Å². The highest BCUT2D eigenvalue weighted by atomic mass is 16.5. The van der Waals surface area contributed by atoms with E-state index in [9.17, 15) is 4.79 Å². The van der Waals surface area contributed by atoms with Gasteiger partial charge in [0.15, 0.2) is 0 Å². The van der Waals surface area contributed by atoms with Gasteiger partial charge in [-0.2, -0.15) is 0 Å². The molecule has 1 saturated carbocycles. The molecule has 1 aliphatic carbocycles. The molecule has 0 saturated heterocycles. The second-order valence-corrected chi connectivity index (χ2v) is 7.46. The smallest absolute Gasteiger partial charge is 0.306 e. The maximum Gasteiger partial charge on any atom is 0.306 e. The predicted octanol–water partition coefficient (Wildman–Crippen LogP) is 5.45. The van der Waals surface area contributed by atoms with Crippen LogP contribution in [0.3, 0.4) is 0 Å². The van der Waals surface area contributed by atoms with E-state index in [0.717, 1.165) is 42.4 Å². The lowest BCUT2D eigenvalue weighted by Gasteiger charge is -2.27. The van der Waals surface area contributed by atoms with Crippen LogP contribution in [0.2, 0.25) is 0 Å². The number of rotatable bonds is 8. The van der Waals surface area contributed by atoms with Gasteiger partial charge in [-0.15, -0.1) is 0 Å². The monoisotopic (exact) mass is 296 g/mol. The minimum atomic E-state index is -0.0312. The fourth-order valence-electron chi connectivity index (χ4n) is 4.23. The molecule has 0 unspecified atom stereocenters. The van der Waals surface area contributed by atoms with Crippen LogP contribution in [0.5, 0.6) is 0 Å². The zero-order valence-corrected chi connectivity index (χ0v) is 15.0. The molecule has 0 aromatic rings. The molecule has 21 heavy (non-hydrogen) atoms. The Hall–Kier alpha value is -0.530. The first kappa shape index (κ1) is 18.5. The number of hydrogen-bond acceptors (Lipinski definition) is 2. The third-order valence-corrected chi connectivity index (χ3v) is 5.62. The molecule has 0 heterocycles. The van der Waals surface area contributed by atoms with Gasteiger partial charge in [0.25, 0.3) is 0 Å². The quantitative estimate of drug-likeness (QED) is 0.556. The minimum absolute atomic E-state index is 0.0312. The van der Waals surface area contributed by atoms with E-state index in [4.69, 9.17) is 4.74 Å². The molecule has 0 N–H and O–H groups in total. The maximum absolute atomic E-state index is 11.6. The molecule has 2 heteroatoms. The van der Waals surface area contributed by atoms with E-state index >= 15 is 0 Å². The van der Waals surface area contributed by atoms with Crippen molar-refractivity contribution >= 4 is 5.97 Å². The molecule has 1 aliphatic rings. The van der Waals surface area contributed by atoms with E-state index < -0.39 is 0 Å². The van der Waals surface area contributed by atoms with Crippen LogP contribution in [0.4, 0.5) is 0 Å². The van der Waals surface area contributed by atoms with Gasteiger partial charge in [0, 0.05) is 6.42 Å². The molecule has 1 fully saturated rings. The highest BCUT2D eigenvalue weighted by molar-refractivity contribution is 5.69. The average molecular weight is 296 g/mol. The summed E-state index contributed by atoms with van der Waals surface area (Å²) in [5.74, 6) is 4.11. The van der Waals surface area contributed by atoms with Gasteiger partial charge in [0.05, 0.1) is 6.10 Å². The summed E-state index contributed by atoms with van der Waals surface area (Å²) in [5, 5.41) is 0. The van der Waals surface area contributed by atoms with E-state index in [0.29, 0.717) is 6.42 Å². The lowest BCUT2D eigenvalue weighted by atomic mass is 9.79. The normalized spacial score (nSPS) is 30.6. The molecule has 0 aromatic carbocycles. The number of carbonyl (C=O) groups excluding carboxylic acids is 1. The number of hydrogen-bond donors (Lipinski definition) is 0. The minimum Gasteiger partial charge on any atom is -0.463 e. The van der Waals surface area contributed by atoms with Crippen molar-refractivity contribution in [2.75, 3.05) is 0 Å². The summed E-state index contributed by atoms with van der Waals surface area (Å²) in [4.78, 5) is 11.6. The molecule has 124 valence electrons. The van der Waals surface area contributed by atoms with E-state index in [-0.39, 0.29) is 12.1 Å². The van der Waals surface area contributed by atoms with E-state index in [1.807, 2.05) is 6.92 Å². The van der Waals surface area contributed by atoms with Crippen molar-refractivity contribution < 1.29 is 9.53 Å². The summed E-state index contributed by atoms with van der Waals surface area (Å²) < 4.78 is 5.50. The molecule has 2 nitrogen and oxygen atoms in total. The number of carbonyl (C=O) groups is 1. The summed E-state index contributed by atoms with van der Waals surface area (Å²) in [5.41, 5.74) is 0. The molecule has 0 aromatic heterocycles. The third-order valence-electron chi connectivity index (χ3n) is 5.62. The third kappa shape index (κ3) is 5.30. The van der Waals surface area contributed by atoms with Crippen LogP contribution in [-0.2, 0) is 9.53 Å². The molecule has 0 aliphatic heterocycles. The zero-order valence-electron chi connectivity index (χ0n) is 15.0. The Morgan fingerprint density at radius 3 is 2.43 bits per heavy atom. The Morgan fingerprint density at radius 1 is 1.24 bits per heavy atom. The lowest BCUT2D eigenvalue weighted by Crippen LogP contribution is -2.22. The first-order valence-electron chi connectivity index (χ1n) is 9.10. The Kier molecular flexibility index (Phi) is 7.76. The lowest BCUT2D eigenvalue weighted by molar-refractivity contribution is -0.148. The van der Waals surface area contributed by atoms with Gasteiger partial charge >= 0.3 is 5.97 Å². The molecule has 0 spiro atoms. The van der Waals surface area contributed by atoms with Crippen molar-refractivity contribution in [3.63, 3.8) is 0 Å². The van der Waals surface area contributed by atoms with Crippen LogP contribution in [0.15, 0.2) is 0 Å². The summed E-state index contributed by atoms with van der Waals surface area (Å²) in [7, 11) is 0. The maximum atomic E-state index is 11.6. The molecule has 5 atom stereocenters. The Morgan fingerprint density at radius 2 is 1.90 bits per heavy atom. The van der Waals surface area contributed by atoms with Gasteiger partial charge < -0.3 is 4.74 Å². The Balaban J connectivity index is 2.49. The van der Waals surface area contributed by atoms with Gasteiger partial charge in [-0.3, -0.25) is 4.79 Å². The summed E-state index contributed by atoms with van der Waals surface area (Å²) in [6.07, 6.45) is 6.43. The van der Waals surface area contributed by atoms with Crippen LogP contribution >= 0.6 is 0 Å². The van der Waals surface area contributed by atoms with Crippen molar-refractivity contribution in [2.24, 2.45) is 29.6 Å². The Labute approximate surface area is 132 Å². The van der Waals surface area contributed by atoms with Crippen molar-refractivity contribution in [3.05, 3.63) is 0 Å². The fourth-order valence-corrected chi connectivity index (χ4v) is 4.23. The van der Waals surface area contributed by atoms with Crippen molar-refractivity contribution in [1.29, 1.82) is 0 Å². The van der Waals surface area contributed by atoms with Crippen molar-refractivity contribution in [1.82, 2.24) is 0 Å². The van der Waals surface area contributed by atoms with Crippen molar-refractivity contribution in [2.45, 2.75) is 86.2 Å². The van der Waals surface area contributed by atoms with E-state index in [1.54, 1.807) is 0 Å². The van der Waals surface area contributed by atoms with Gasteiger partial charge in [-0.25, -0.2) is 0 Å². The van der Waals surface area contributed by atoms with Crippen LogP contribution < -0.4 is 0 Å². The van der Waals surface area contributed by atoms with Crippen molar-refractivity contribution in [3.8, 4) is 0 Å². The molecule has 0 amide bonds. The first-order valence-corrected chi connectivity index (χ1v) is 9.10. The van der Waals surface area contributed by atoms with Gasteiger partial charge in [-0.1, -0.05) is 41.0 Å². The van der Waals surface area contributed by atoms with Crippen LogP contribution in [-0.4, -0.2) is 12.1 Å². The molecular weight excluding hydrogens is 260 g/mol. The summed E-state index contributed by atoms with van der Waals surface area (Å²) in [6.45, 7) is 13.6. The zero-order chi connectivity index (χ0) is 16.0. The average Bonchev–Trinajstić information content (AvgIpc) is 2.73. The van der Waals surface area contributed by atoms with Gasteiger partial charge in [0.2, 0.25) is 0 Å². The standard InChI is InChI=1S/C19H36O2/c1-7-9-19(20)21-14(5)10-11-17-15(6)16(8-2)12-18(17)13(3)4/h13-18H,7-12H2,1-6H3/t14-,15-,16-,17-,18-/m1/s1. The van der Waals surface area contributed by atoms with E-state index in [1.165, 1.54) is 19.3 Å². The highest BCUT2D eigenvalue weighted by Crippen LogP contribution is 2.48. The second kappa shape index (κ2) is 8.80. The number of ether oxygens (including phenoxy) is 1. The molecule has 0 bridgehead atoms. The Bertz CT molecular complexity index is 311. The first-order chi connectivity index (χ1) is 9.90. The van der Waals surface area contributed by atoms with Crippen LogP contribution in [0.1, 0.15) is 80.1 Å². The fraction of sp³-hybridized carbons (Fsp3) is 0.947. The molecule has 1 rings (SSSR count). The number of esters is 1. The van der Waals surface area contributed by atoms with E-state index in [2.05, 4.69) is 34.6 Å². The van der Waals surface area contributed by atoms with Crippen LogP contribution in [0.25, 0.3) is 0 Å². The van der Waals surface area contributed by atoms with Gasteiger partial charge in [-0.05, 0) is 62.2 Å².